The first-order valence-electron chi connectivity index (χ1n) is 6.24. The summed E-state index contributed by atoms with van der Waals surface area (Å²) in [5, 5.41) is 5.51. The van der Waals surface area contributed by atoms with Gasteiger partial charge in [-0.3, -0.25) is 9.59 Å². The monoisotopic (exact) mass is 264 g/mol. The van der Waals surface area contributed by atoms with Crippen molar-refractivity contribution in [2.75, 3.05) is 12.4 Å². The largest absolute Gasteiger partial charge is 0.496 e. The molecule has 0 spiro atoms. The summed E-state index contributed by atoms with van der Waals surface area (Å²) in [6, 6.07) is 5.05. The maximum atomic E-state index is 12.1. The molecule has 5 heteroatoms. The number of hydrogen-bond donors (Lipinski definition) is 2. The fourth-order valence-corrected chi connectivity index (χ4v) is 1.57. The van der Waals surface area contributed by atoms with E-state index in [0.29, 0.717) is 17.0 Å². The zero-order chi connectivity index (χ0) is 14.4. The topological polar surface area (TPSA) is 67.4 Å². The number of amides is 2. The van der Waals surface area contributed by atoms with E-state index in [-0.39, 0.29) is 17.9 Å². The van der Waals surface area contributed by atoms with Crippen molar-refractivity contribution >= 4 is 17.5 Å². The average molecular weight is 264 g/mol. The molecule has 0 aliphatic heterocycles. The second kappa shape index (κ2) is 6.78. The summed E-state index contributed by atoms with van der Waals surface area (Å²) in [6.45, 7) is 5.35. The number of rotatable bonds is 5. The fraction of sp³-hybridized carbons (Fsp3) is 0.429. The highest BCUT2D eigenvalue weighted by atomic mass is 16.5. The lowest BCUT2D eigenvalue weighted by molar-refractivity contribution is -0.114. The van der Waals surface area contributed by atoms with Crippen LogP contribution in [0, 0.1) is 0 Å². The fourth-order valence-electron chi connectivity index (χ4n) is 1.57. The molecule has 0 heterocycles. The van der Waals surface area contributed by atoms with Crippen LogP contribution in [0.1, 0.15) is 37.6 Å². The molecule has 2 N–H and O–H groups in total. The van der Waals surface area contributed by atoms with E-state index >= 15 is 0 Å². The normalized spacial score (nSPS) is 11.6. The summed E-state index contributed by atoms with van der Waals surface area (Å²) >= 11 is 0. The average Bonchev–Trinajstić information content (AvgIpc) is 2.37. The summed E-state index contributed by atoms with van der Waals surface area (Å²) < 4.78 is 5.17. The molecular formula is C14H20N2O3. The maximum absolute atomic E-state index is 12.1. The van der Waals surface area contributed by atoms with Gasteiger partial charge < -0.3 is 15.4 Å². The van der Waals surface area contributed by atoms with Crippen LogP contribution >= 0.6 is 0 Å². The lowest BCUT2D eigenvalue weighted by Crippen LogP contribution is -2.32. The molecule has 104 valence electrons. The highest BCUT2D eigenvalue weighted by molar-refractivity contribution is 5.99. The Morgan fingerprint density at radius 3 is 2.58 bits per heavy atom. The molecule has 0 aliphatic carbocycles. The quantitative estimate of drug-likeness (QED) is 0.856. The van der Waals surface area contributed by atoms with Crippen LogP contribution in [0.25, 0.3) is 0 Å². The van der Waals surface area contributed by atoms with Crippen LogP contribution in [-0.4, -0.2) is 25.0 Å². The van der Waals surface area contributed by atoms with Crippen molar-refractivity contribution in [3.8, 4) is 5.75 Å². The van der Waals surface area contributed by atoms with E-state index in [1.807, 2.05) is 13.8 Å². The third kappa shape index (κ3) is 4.28. The van der Waals surface area contributed by atoms with Gasteiger partial charge in [0.15, 0.2) is 0 Å². The zero-order valence-corrected chi connectivity index (χ0v) is 11.7. The Morgan fingerprint density at radius 2 is 2.05 bits per heavy atom. The molecule has 1 rings (SSSR count). The van der Waals surface area contributed by atoms with Crippen molar-refractivity contribution in [3.63, 3.8) is 0 Å². The highest BCUT2D eigenvalue weighted by Gasteiger charge is 2.15. The van der Waals surface area contributed by atoms with Crippen molar-refractivity contribution in [2.45, 2.75) is 33.2 Å². The maximum Gasteiger partial charge on any atom is 0.255 e. The van der Waals surface area contributed by atoms with E-state index in [1.165, 1.54) is 14.0 Å². The molecular weight excluding hydrogens is 244 g/mol. The first-order chi connectivity index (χ1) is 8.97. The molecule has 0 saturated carbocycles. The van der Waals surface area contributed by atoms with Gasteiger partial charge in [0, 0.05) is 18.7 Å². The van der Waals surface area contributed by atoms with E-state index < -0.39 is 0 Å². The van der Waals surface area contributed by atoms with Gasteiger partial charge in [0.1, 0.15) is 5.75 Å². The van der Waals surface area contributed by atoms with E-state index in [9.17, 15) is 9.59 Å². The van der Waals surface area contributed by atoms with Gasteiger partial charge >= 0.3 is 0 Å². The van der Waals surface area contributed by atoms with Crippen molar-refractivity contribution in [1.29, 1.82) is 0 Å². The second-order valence-corrected chi connectivity index (χ2v) is 4.38. The van der Waals surface area contributed by atoms with Gasteiger partial charge in [-0.2, -0.15) is 0 Å². The summed E-state index contributed by atoms with van der Waals surface area (Å²) in [4.78, 5) is 23.2. The minimum absolute atomic E-state index is 0.0848. The number of nitrogens with one attached hydrogen (secondary N) is 2. The predicted octanol–water partition coefficient (Wildman–Crippen LogP) is 2.18. The summed E-state index contributed by atoms with van der Waals surface area (Å²) in [5.41, 5.74) is 0.983. The van der Waals surface area contributed by atoms with Crippen LogP contribution in [0.2, 0.25) is 0 Å². The van der Waals surface area contributed by atoms with E-state index in [2.05, 4.69) is 10.6 Å². The van der Waals surface area contributed by atoms with Crippen LogP contribution in [0.5, 0.6) is 5.75 Å². The molecule has 0 bridgehead atoms. The van der Waals surface area contributed by atoms with Crippen LogP contribution in [0.3, 0.4) is 0 Å². The Labute approximate surface area is 113 Å². The second-order valence-electron chi connectivity index (χ2n) is 4.38. The molecule has 0 radical (unpaired) electrons. The number of methoxy groups -OCH3 is 1. The van der Waals surface area contributed by atoms with Gasteiger partial charge in [-0.25, -0.2) is 0 Å². The molecule has 0 aromatic heterocycles. The highest BCUT2D eigenvalue weighted by Crippen LogP contribution is 2.22. The van der Waals surface area contributed by atoms with Gasteiger partial charge in [-0.05, 0) is 31.5 Å². The van der Waals surface area contributed by atoms with Crippen molar-refractivity contribution < 1.29 is 14.3 Å². The van der Waals surface area contributed by atoms with Gasteiger partial charge in [0.2, 0.25) is 5.91 Å². The van der Waals surface area contributed by atoms with E-state index in [0.717, 1.165) is 6.42 Å². The minimum Gasteiger partial charge on any atom is -0.496 e. The summed E-state index contributed by atoms with van der Waals surface area (Å²) in [7, 11) is 1.51. The Balaban J connectivity index is 3.01. The number of carbonyl (C=O) groups is 2. The first-order valence-corrected chi connectivity index (χ1v) is 6.24. The molecule has 0 saturated heterocycles. The molecule has 1 unspecified atom stereocenters. The summed E-state index contributed by atoms with van der Waals surface area (Å²) in [5.74, 6) is 0.0896. The van der Waals surface area contributed by atoms with Crippen LogP contribution in [-0.2, 0) is 4.79 Å². The standard InChI is InChI=1S/C14H20N2O3/c1-5-9(2)15-14(18)12-8-11(16-10(3)17)6-7-13(12)19-4/h6-9H,5H2,1-4H3,(H,15,18)(H,16,17). The predicted molar refractivity (Wildman–Crippen MR) is 74.5 cm³/mol. The molecule has 19 heavy (non-hydrogen) atoms. The molecule has 0 fully saturated rings. The smallest absolute Gasteiger partial charge is 0.255 e. The number of benzene rings is 1. The van der Waals surface area contributed by atoms with E-state index in [4.69, 9.17) is 4.74 Å². The molecule has 5 nitrogen and oxygen atoms in total. The Hall–Kier alpha value is -2.04. The van der Waals surface area contributed by atoms with Crippen LogP contribution in [0.15, 0.2) is 18.2 Å². The van der Waals surface area contributed by atoms with Crippen molar-refractivity contribution in [1.82, 2.24) is 5.32 Å². The number of ether oxygens (including phenoxy) is 1. The lowest BCUT2D eigenvalue weighted by atomic mass is 10.1. The molecule has 0 aliphatic rings. The van der Waals surface area contributed by atoms with Gasteiger partial charge in [-0.1, -0.05) is 6.92 Å². The Bertz CT molecular complexity index is 472. The number of carbonyl (C=O) groups excluding carboxylic acids is 2. The van der Waals surface area contributed by atoms with Crippen LogP contribution in [0.4, 0.5) is 5.69 Å². The molecule has 1 aromatic carbocycles. The van der Waals surface area contributed by atoms with Gasteiger partial charge in [-0.15, -0.1) is 0 Å². The third-order valence-electron chi connectivity index (χ3n) is 2.75. The molecule has 1 aromatic rings. The van der Waals surface area contributed by atoms with E-state index in [1.54, 1.807) is 18.2 Å². The van der Waals surface area contributed by atoms with Gasteiger partial charge in [0.25, 0.3) is 5.91 Å². The lowest BCUT2D eigenvalue weighted by Gasteiger charge is -2.14. The third-order valence-corrected chi connectivity index (χ3v) is 2.75. The summed E-state index contributed by atoms with van der Waals surface area (Å²) in [6.07, 6.45) is 0.847. The first kappa shape index (κ1) is 15.0. The zero-order valence-electron chi connectivity index (χ0n) is 11.7. The minimum atomic E-state index is -0.210. The number of anilines is 1. The van der Waals surface area contributed by atoms with Crippen molar-refractivity contribution in [2.24, 2.45) is 0 Å². The van der Waals surface area contributed by atoms with Crippen molar-refractivity contribution in [3.05, 3.63) is 23.8 Å². The Morgan fingerprint density at radius 1 is 1.37 bits per heavy atom. The molecule has 2 amide bonds. The SMILES string of the molecule is CCC(C)NC(=O)c1cc(NC(C)=O)ccc1OC. The number of hydrogen-bond acceptors (Lipinski definition) is 3. The Kier molecular flexibility index (Phi) is 5.36. The van der Waals surface area contributed by atoms with Gasteiger partial charge in [0.05, 0.1) is 12.7 Å². The van der Waals surface area contributed by atoms with Crippen LogP contribution < -0.4 is 15.4 Å². The molecule has 1 atom stereocenters.